The smallest absolute Gasteiger partial charge is 0.549 e. The van der Waals surface area contributed by atoms with Crippen LogP contribution in [0.15, 0.2) is 22.1 Å². The zero-order valence-electron chi connectivity index (χ0n) is 66.1. The quantitative estimate of drug-likeness (QED) is 0.0170. The second-order valence-electron chi connectivity index (χ2n) is 27.9. The number of nitrogens with one attached hydrogen (secondary N) is 7. The topological polar surface area (TPSA) is 699 Å². The van der Waals surface area contributed by atoms with Crippen LogP contribution in [0.4, 0.5) is 11.4 Å². The third-order valence-corrected chi connectivity index (χ3v) is 21.5. The fourth-order valence-corrected chi connectivity index (χ4v) is 14.6. The number of carbonyl (C=O) groups is 16. The van der Waals surface area contributed by atoms with Crippen molar-refractivity contribution >= 4 is 129 Å². The number of aromatic nitrogens is 2. The van der Waals surface area contributed by atoms with Crippen LogP contribution in [0.25, 0.3) is 0 Å². The van der Waals surface area contributed by atoms with Gasteiger partial charge in [-0.25, -0.2) is 4.98 Å². The van der Waals surface area contributed by atoms with Gasteiger partial charge in [0.1, 0.15) is 42.4 Å². The van der Waals surface area contributed by atoms with Gasteiger partial charge in [0.2, 0.25) is 35.4 Å². The first-order chi connectivity index (χ1) is 55.1. The van der Waals surface area contributed by atoms with Crippen LogP contribution in [0.3, 0.4) is 0 Å². The van der Waals surface area contributed by atoms with Gasteiger partial charge in [-0.2, -0.15) is 11.8 Å². The number of H-pyrrole nitrogens is 1. The van der Waals surface area contributed by atoms with Crippen LogP contribution in [-0.2, 0) is 92.6 Å². The van der Waals surface area contributed by atoms with Crippen LogP contribution in [0, 0.1) is 63.6 Å². The van der Waals surface area contributed by atoms with Crippen LogP contribution < -0.4 is 75.3 Å². The van der Waals surface area contributed by atoms with Gasteiger partial charge in [0.25, 0.3) is 10.9 Å². The number of primary amides is 2. The van der Waals surface area contributed by atoms with Crippen molar-refractivity contribution in [3.8, 4) is 0 Å². The molecular weight excluding hydrogens is 1740 g/mol. The number of thioether (sulfide) groups is 2. The van der Waals surface area contributed by atoms with Gasteiger partial charge < -0.3 is 124 Å². The molecule has 4 rings (SSSR count). The number of carboxylic acid groups (broad SMARTS) is 4. The molecule has 43 nitrogen and oxygen atoms in total. The maximum Gasteiger partial charge on any atom is 3.00 e. The summed E-state index contributed by atoms with van der Waals surface area (Å²) in [5, 5.41) is 90.5. The number of aliphatic carboxylic acids is 4. The van der Waals surface area contributed by atoms with E-state index in [9.17, 15) is 122 Å². The number of hydrogen-bond donors (Lipinski definition) is 14. The molecule has 2 aromatic rings. The van der Waals surface area contributed by atoms with E-state index in [2.05, 4.69) is 41.9 Å². The maximum absolute atomic E-state index is 13.9. The van der Waals surface area contributed by atoms with Crippen LogP contribution >= 0.6 is 23.5 Å². The van der Waals surface area contributed by atoms with Gasteiger partial charge in [-0.15, -0.1) is 11.8 Å². The van der Waals surface area contributed by atoms with Crippen molar-refractivity contribution in [2.75, 3.05) is 153 Å². The number of aliphatic hydroxyl groups is 3. The molecule has 2 aliphatic rings. The third kappa shape index (κ3) is 41.0. The summed E-state index contributed by atoms with van der Waals surface area (Å²) in [5.74, 6) is -20.3. The minimum absolute atomic E-state index is 0. The van der Waals surface area contributed by atoms with Crippen LogP contribution in [0.1, 0.15) is 104 Å². The van der Waals surface area contributed by atoms with Crippen LogP contribution in [0.5, 0.6) is 0 Å². The minimum atomic E-state index is -1.70. The normalized spacial score (nSPS) is 22.4. The molecular formula is C72H112GdN15O28S2. The van der Waals surface area contributed by atoms with Crippen molar-refractivity contribution in [1.82, 2.24) is 50.8 Å². The number of nitrogens with zero attached hydrogens (tertiary/aromatic N) is 5. The van der Waals surface area contributed by atoms with Crippen molar-refractivity contribution < 1.29 is 167 Å². The molecule has 1 radical (unpaired) electrons. The van der Waals surface area contributed by atoms with Gasteiger partial charge in [0.15, 0.2) is 28.9 Å². The van der Waals surface area contributed by atoms with E-state index in [-0.39, 0.29) is 204 Å². The van der Waals surface area contributed by atoms with Gasteiger partial charge >= 0.3 is 45.9 Å². The number of imidazole rings is 1. The second kappa shape index (κ2) is 59.0. The zero-order valence-corrected chi connectivity index (χ0v) is 70.0. The van der Waals surface area contributed by atoms with Crippen molar-refractivity contribution in [3.05, 3.63) is 38.7 Å². The average Bonchev–Trinajstić information content (AvgIpc) is 0.875. The van der Waals surface area contributed by atoms with Gasteiger partial charge in [-0.05, 0) is 46.1 Å². The van der Waals surface area contributed by atoms with Gasteiger partial charge in [-0.1, -0.05) is 13.3 Å². The first-order valence-corrected chi connectivity index (χ1v) is 40.1. The Hall–Kier alpha value is -7.81. The first kappa shape index (κ1) is 108. The van der Waals surface area contributed by atoms with Crippen LogP contribution in [-0.4, -0.2) is 334 Å². The number of aromatic amines is 1. The Kier molecular flexibility index (Phi) is 54.1. The predicted octanol–water partition coefficient (Wildman–Crippen LogP) is -10.5. The van der Waals surface area contributed by atoms with E-state index in [0.717, 1.165) is 23.5 Å². The molecule has 19 N–H and O–H groups in total. The number of ether oxygens (including phenoxy) is 2. The number of carboxylic acids is 4. The summed E-state index contributed by atoms with van der Waals surface area (Å²) >= 11 is 2.03. The van der Waals surface area contributed by atoms with Gasteiger partial charge in [0.05, 0.1) is 105 Å². The molecule has 46 heteroatoms. The largest absolute Gasteiger partial charge is 3.00 e. The molecule has 2 saturated heterocycles. The number of amides is 6. The van der Waals surface area contributed by atoms with E-state index in [1.807, 2.05) is 0 Å². The molecule has 6 amide bonds. The molecule has 2 aliphatic heterocycles. The molecule has 11 atom stereocenters. The van der Waals surface area contributed by atoms with Crippen molar-refractivity contribution in [1.29, 1.82) is 0 Å². The van der Waals surface area contributed by atoms with Crippen molar-refractivity contribution in [2.45, 2.75) is 146 Å². The molecule has 3 heterocycles. The summed E-state index contributed by atoms with van der Waals surface area (Å²) in [6.45, 7) is 4.65. The Morgan fingerprint density at radius 3 is 1.70 bits per heavy atom. The summed E-state index contributed by atoms with van der Waals surface area (Å²) in [6, 6.07) is -7.66. The van der Waals surface area contributed by atoms with Crippen LogP contribution in [0.2, 0.25) is 0 Å². The number of unbranched alkanes of at least 4 members (excludes halogenated alkanes) is 1. The average molecular weight is 1860 g/mol. The number of anilines is 2. The van der Waals surface area contributed by atoms with Crippen molar-refractivity contribution in [3.63, 3.8) is 0 Å². The number of ketones is 5. The van der Waals surface area contributed by atoms with E-state index in [4.69, 9.17) is 26.7 Å². The predicted molar refractivity (Wildman–Crippen MR) is 415 cm³/mol. The standard InChI is InChI=1S/C41H63N9O15S2.C31H50N6O12.Gd.H2O/c1-20(53)36-33(57)11-25(41(64)65)17-66-19-67-21(2)37(60)47-27(13-35(44)59)30(54)10-24(12-34(43)58)39(62)49-28(15-51)31(55)8-22(5-3-4-6-42)38(61)48-29(16-52)32(56)9-23(40(63)50-36)7-26-14-45-18-46-26;1-2-23(39)22-49-19-18-48-17-6-33-28-27(29(44)30(28)45)32-5-3-4-24(31(46)47)37-13-11-34(15-16-38)7-8-35(20-25(40)41)9-10-36(12-14-37)21-26(42)43;;/h14,18,20-25,27-29,36,51-53H,3-13,15-17,19,42H2,1-2H3,(H2,43,58)(H2,44,59)(H,45,46)(H,47,60)(H,48,61)(H,49,62)(H,50,63)(H,64,65);16,24,32-33H,2-15,17-22H2,1H3,(H,40,41)(H,42,43)(H,46,47);;1H2/q;;+3;/p-3/t20-,21-,22-,23-,24+,25+,27+,28?,29?,36?;;;/m1.../s1. The summed E-state index contributed by atoms with van der Waals surface area (Å²) in [4.78, 5) is 240. The van der Waals surface area contributed by atoms with E-state index in [0.29, 0.717) is 37.8 Å². The molecule has 2 fully saturated rings. The fourth-order valence-electron chi connectivity index (χ4n) is 12.2. The zero-order chi connectivity index (χ0) is 86.6. The Balaban J connectivity index is 0.00000121. The number of hydrogen-bond acceptors (Lipinski definition) is 36. The Morgan fingerprint density at radius 1 is 0.669 bits per heavy atom. The molecule has 663 valence electrons. The Morgan fingerprint density at radius 2 is 1.19 bits per heavy atom. The van der Waals surface area contributed by atoms with E-state index >= 15 is 0 Å². The monoisotopic (exact) mass is 1860 g/mol. The SMILES string of the molecule is CCC(=O)COCCOCCNc1c(NCCCC(C(=O)[O-])N2CCN(CC=O)CCN(CC(=O)[O-])CCN(CC(=O)[O-])CC2)c(=O)c1=O.C[C@H]1SCSC[C@@H](C(=O)O)CC(=O)C([C@@H](C)O)NC(=O)[C@H](Cc2cnc[nH]2)CC(=O)C(CO)NC(=O)[C@H](CCCCN)CC(=O)C(CO)NC(=O)[C@H](CC(N)=O)CC(=O)[C@H](CC(N)=O)NC1=O.O.[Gd+3]. The summed E-state index contributed by atoms with van der Waals surface area (Å²) < 4.78 is 10.6. The number of Topliss-reactive ketones (excluding diaryl/α,β-unsaturated/α-hetero) is 5. The summed E-state index contributed by atoms with van der Waals surface area (Å²) in [5.41, 5.74) is 15.6. The Bertz CT molecular complexity index is 3650. The van der Waals surface area contributed by atoms with E-state index in [1.165, 1.54) is 31.3 Å². The van der Waals surface area contributed by atoms with E-state index < -0.39 is 217 Å². The number of rotatable bonds is 37. The van der Waals surface area contributed by atoms with Gasteiger partial charge in [0, 0.05) is 158 Å². The molecule has 0 saturated carbocycles. The molecule has 0 bridgehead atoms. The second-order valence-corrected chi connectivity index (χ2v) is 30.6. The number of aliphatic hydroxyl groups excluding tert-OH is 3. The summed E-state index contributed by atoms with van der Waals surface area (Å²) in [7, 11) is 0. The Labute approximate surface area is 721 Å². The van der Waals surface area contributed by atoms with Gasteiger partial charge in [-0.3, -0.25) is 86.7 Å². The number of carbonyl (C=O) groups excluding carboxylic acids is 15. The summed E-state index contributed by atoms with van der Waals surface area (Å²) in [6.07, 6.45) is -1.10. The first-order valence-electron chi connectivity index (χ1n) is 37.9. The third-order valence-electron chi connectivity index (χ3n) is 18.9. The fraction of sp³-hybridized carbons (Fsp3) is 0.681. The molecule has 1 aromatic carbocycles. The van der Waals surface area contributed by atoms with E-state index in [1.54, 1.807) is 21.6 Å². The molecule has 0 spiro atoms. The maximum atomic E-state index is 13.9. The number of aldehydes is 1. The van der Waals surface area contributed by atoms with Crippen molar-refractivity contribution in [2.24, 2.45) is 40.9 Å². The molecule has 4 unspecified atom stereocenters. The minimum Gasteiger partial charge on any atom is -0.549 e. The molecule has 1 aromatic heterocycles. The molecule has 118 heavy (non-hydrogen) atoms. The molecule has 0 aliphatic carbocycles. The number of nitrogens with two attached hydrogens (primary N) is 3.